The Morgan fingerprint density at radius 3 is 2.70 bits per heavy atom. The molecule has 1 N–H and O–H groups in total. The largest absolute Gasteiger partial charge is 0.338 e. The van der Waals surface area contributed by atoms with Crippen LogP contribution in [0.5, 0.6) is 0 Å². The third-order valence-electron chi connectivity index (χ3n) is 5.05. The summed E-state index contributed by atoms with van der Waals surface area (Å²) in [7, 11) is 0. The lowest BCUT2D eigenvalue weighted by molar-refractivity contribution is -0.121. The van der Waals surface area contributed by atoms with Gasteiger partial charge in [0.2, 0.25) is 5.91 Å². The van der Waals surface area contributed by atoms with Gasteiger partial charge in [0.25, 0.3) is 5.91 Å². The van der Waals surface area contributed by atoms with Crippen molar-refractivity contribution >= 4 is 62.8 Å². The van der Waals surface area contributed by atoms with Crippen LogP contribution in [0.25, 0.3) is 0 Å². The molecule has 0 atom stereocenters. The number of piperidine rings is 1. The maximum Gasteiger partial charge on any atom is 0.263 e. The van der Waals surface area contributed by atoms with Gasteiger partial charge in [0.1, 0.15) is 0 Å². The number of aromatic nitrogens is 1. The number of carbonyl (C=O) groups excluding carboxylic acids is 2. The predicted molar refractivity (Wildman–Crippen MR) is 123 cm³/mol. The Labute approximate surface area is 192 Å². The van der Waals surface area contributed by atoms with Crippen LogP contribution in [0.2, 0.25) is 10.0 Å². The smallest absolute Gasteiger partial charge is 0.263 e. The highest BCUT2D eigenvalue weighted by molar-refractivity contribution is 7.15. The molecule has 0 radical (unpaired) electrons. The molecule has 156 valence electrons. The number of nitrogens with zero attached hydrogens (tertiary/aromatic N) is 2. The Bertz CT molecular complexity index is 1040. The number of benzene rings is 1. The summed E-state index contributed by atoms with van der Waals surface area (Å²) in [4.78, 5) is 33.0. The first-order valence-corrected chi connectivity index (χ1v) is 12.0. The molecule has 3 aromatic rings. The molecule has 9 heteroatoms. The van der Waals surface area contributed by atoms with Crippen LogP contribution in [-0.2, 0) is 11.2 Å². The van der Waals surface area contributed by atoms with Crippen molar-refractivity contribution in [1.82, 2.24) is 9.88 Å². The molecular weight excluding hydrogens is 461 g/mol. The minimum absolute atomic E-state index is 0.0383. The molecule has 1 aliphatic rings. The van der Waals surface area contributed by atoms with E-state index in [9.17, 15) is 9.59 Å². The molecule has 0 saturated carbocycles. The van der Waals surface area contributed by atoms with Crippen LogP contribution in [0.4, 0.5) is 5.13 Å². The van der Waals surface area contributed by atoms with Gasteiger partial charge in [-0.15, -0.1) is 22.7 Å². The molecule has 0 bridgehead atoms. The van der Waals surface area contributed by atoms with Crippen LogP contribution >= 0.6 is 45.9 Å². The van der Waals surface area contributed by atoms with Gasteiger partial charge in [-0.3, -0.25) is 9.59 Å². The Morgan fingerprint density at radius 2 is 2.00 bits per heavy atom. The van der Waals surface area contributed by atoms with Crippen molar-refractivity contribution in [3.63, 3.8) is 0 Å². The van der Waals surface area contributed by atoms with Crippen LogP contribution in [0.1, 0.15) is 33.0 Å². The average Bonchev–Trinajstić information content (AvgIpc) is 3.42. The van der Waals surface area contributed by atoms with Gasteiger partial charge in [-0.05, 0) is 42.0 Å². The molecule has 2 aromatic heterocycles. The highest BCUT2D eigenvalue weighted by Crippen LogP contribution is 2.28. The molecule has 0 spiro atoms. The van der Waals surface area contributed by atoms with Crippen molar-refractivity contribution in [2.24, 2.45) is 5.92 Å². The second-order valence-corrected chi connectivity index (χ2v) is 9.98. The van der Waals surface area contributed by atoms with Crippen LogP contribution in [-0.4, -0.2) is 34.8 Å². The molecule has 4 rings (SSSR count). The topological polar surface area (TPSA) is 62.3 Å². The fourth-order valence-electron chi connectivity index (χ4n) is 3.41. The molecule has 2 amide bonds. The molecule has 0 unspecified atom stereocenters. The van der Waals surface area contributed by atoms with Crippen molar-refractivity contribution in [1.29, 1.82) is 0 Å². The first-order chi connectivity index (χ1) is 14.5. The summed E-state index contributed by atoms with van der Waals surface area (Å²) < 4.78 is 0. The van der Waals surface area contributed by atoms with Crippen LogP contribution in [0.15, 0.2) is 41.9 Å². The molecule has 30 heavy (non-hydrogen) atoms. The summed E-state index contributed by atoms with van der Waals surface area (Å²) in [6.07, 6.45) is 3.70. The molecule has 0 aliphatic carbocycles. The molecular formula is C21H19Cl2N3O2S2. The van der Waals surface area contributed by atoms with Crippen molar-refractivity contribution in [2.45, 2.75) is 19.3 Å². The van der Waals surface area contributed by atoms with Gasteiger partial charge in [-0.1, -0.05) is 35.3 Å². The van der Waals surface area contributed by atoms with E-state index in [1.165, 1.54) is 22.7 Å². The van der Waals surface area contributed by atoms with Gasteiger partial charge >= 0.3 is 0 Å². The maximum atomic E-state index is 12.7. The van der Waals surface area contributed by atoms with Crippen molar-refractivity contribution in [2.75, 3.05) is 18.4 Å². The summed E-state index contributed by atoms with van der Waals surface area (Å²) in [6, 6.07) is 9.14. The lowest BCUT2D eigenvalue weighted by Crippen LogP contribution is -2.41. The lowest BCUT2D eigenvalue weighted by atomic mass is 9.96. The third-order valence-corrected chi connectivity index (χ3v) is 7.41. The number of halogens is 2. The number of anilines is 1. The second kappa shape index (κ2) is 9.47. The van der Waals surface area contributed by atoms with Gasteiger partial charge in [0.05, 0.1) is 4.88 Å². The molecule has 1 saturated heterocycles. The SMILES string of the molecule is O=C(Nc1ncc(Cc2ccc(Cl)cc2Cl)s1)C1CCN(C(=O)c2cccs2)CC1. The maximum absolute atomic E-state index is 12.7. The van der Waals surface area contributed by atoms with E-state index in [1.807, 2.05) is 34.5 Å². The number of hydrogen-bond acceptors (Lipinski definition) is 5. The van der Waals surface area contributed by atoms with Crippen molar-refractivity contribution < 1.29 is 9.59 Å². The molecule has 3 heterocycles. The third kappa shape index (κ3) is 5.03. The number of thiazole rings is 1. The molecule has 1 aliphatic heterocycles. The number of carbonyl (C=O) groups is 2. The Morgan fingerprint density at radius 1 is 1.20 bits per heavy atom. The Hall–Kier alpha value is -1.93. The second-order valence-electron chi connectivity index (χ2n) is 7.08. The van der Waals surface area contributed by atoms with Crippen molar-refractivity contribution in [3.05, 3.63) is 67.3 Å². The normalized spacial score (nSPS) is 14.7. The summed E-state index contributed by atoms with van der Waals surface area (Å²) >= 11 is 15.1. The Balaban J connectivity index is 1.30. The predicted octanol–water partition coefficient (Wildman–Crippen LogP) is 5.59. The van der Waals surface area contributed by atoms with Gasteiger partial charge in [-0.25, -0.2) is 4.98 Å². The van der Waals surface area contributed by atoms with E-state index in [0.717, 1.165) is 15.3 Å². The fraction of sp³-hybridized carbons (Fsp3) is 0.286. The van der Waals surface area contributed by atoms with Gasteiger partial charge in [0.15, 0.2) is 5.13 Å². The summed E-state index contributed by atoms with van der Waals surface area (Å²) in [5, 5.41) is 6.62. The van der Waals surface area contributed by atoms with E-state index in [0.29, 0.717) is 47.5 Å². The van der Waals surface area contributed by atoms with Gasteiger partial charge < -0.3 is 10.2 Å². The molecule has 1 fully saturated rings. The van der Waals surface area contributed by atoms with E-state index in [-0.39, 0.29) is 17.7 Å². The zero-order valence-electron chi connectivity index (χ0n) is 15.9. The average molecular weight is 480 g/mol. The summed E-state index contributed by atoms with van der Waals surface area (Å²) in [5.74, 6) is -0.103. The van der Waals surface area contributed by atoms with Crippen LogP contribution < -0.4 is 5.32 Å². The number of rotatable bonds is 5. The number of hydrogen-bond donors (Lipinski definition) is 1. The highest BCUT2D eigenvalue weighted by atomic mass is 35.5. The minimum Gasteiger partial charge on any atom is -0.338 e. The van der Waals surface area contributed by atoms with E-state index < -0.39 is 0 Å². The monoisotopic (exact) mass is 479 g/mol. The van der Waals surface area contributed by atoms with Crippen LogP contribution in [0, 0.1) is 5.92 Å². The minimum atomic E-state index is -0.115. The van der Waals surface area contributed by atoms with Gasteiger partial charge in [-0.2, -0.15) is 0 Å². The number of amides is 2. The zero-order valence-corrected chi connectivity index (χ0v) is 19.1. The quantitative estimate of drug-likeness (QED) is 0.518. The van der Waals surface area contributed by atoms with Crippen LogP contribution in [0.3, 0.4) is 0 Å². The molecule has 5 nitrogen and oxygen atoms in total. The summed E-state index contributed by atoms with van der Waals surface area (Å²) in [6.45, 7) is 1.18. The van der Waals surface area contributed by atoms with E-state index >= 15 is 0 Å². The lowest BCUT2D eigenvalue weighted by Gasteiger charge is -2.30. The first kappa shape index (κ1) is 21.3. The Kier molecular flexibility index (Phi) is 6.73. The first-order valence-electron chi connectivity index (χ1n) is 9.52. The van der Waals surface area contributed by atoms with E-state index in [1.54, 1.807) is 12.3 Å². The van der Waals surface area contributed by atoms with Crippen molar-refractivity contribution in [3.8, 4) is 0 Å². The van der Waals surface area contributed by atoms with Gasteiger partial charge in [0, 0.05) is 46.5 Å². The fourth-order valence-corrected chi connectivity index (χ4v) is 5.41. The van der Waals surface area contributed by atoms with E-state index in [4.69, 9.17) is 23.2 Å². The number of nitrogens with one attached hydrogen (secondary N) is 1. The van der Waals surface area contributed by atoms with E-state index in [2.05, 4.69) is 10.3 Å². The zero-order chi connectivity index (χ0) is 21.1. The highest BCUT2D eigenvalue weighted by Gasteiger charge is 2.28. The number of thiophene rings is 1. The molecule has 1 aromatic carbocycles. The summed E-state index contributed by atoms with van der Waals surface area (Å²) in [5.41, 5.74) is 0.963. The standard InChI is InChI=1S/C21H19Cl2N3O2S2/c22-15-4-3-14(17(23)11-15)10-16-12-24-21(30-16)25-19(27)13-5-7-26(8-6-13)20(28)18-2-1-9-29-18/h1-4,9,11-13H,5-8,10H2,(H,24,25,27). The number of likely N-dealkylation sites (tertiary alicyclic amines) is 1.